The minimum Gasteiger partial charge on any atom is -0.492 e. The molecule has 0 spiro atoms. The Kier molecular flexibility index (Phi) is 5.80. The third kappa shape index (κ3) is 3.98. The number of piperazine rings is 1. The molecule has 1 N–H and O–H groups in total. The van der Waals surface area contributed by atoms with Gasteiger partial charge in [-0.25, -0.2) is 8.42 Å². The lowest BCUT2D eigenvalue weighted by atomic mass is 10.3. The fourth-order valence-electron chi connectivity index (χ4n) is 2.60. The zero-order chi connectivity index (χ0) is 16.2. The maximum absolute atomic E-state index is 12.8. The first-order valence-corrected chi connectivity index (χ1v) is 9.01. The van der Waals surface area contributed by atoms with Crippen molar-refractivity contribution < 1.29 is 18.3 Å². The van der Waals surface area contributed by atoms with E-state index in [1.54, 1.807) is 31.2 Å². The predicted molar refractivity (Wildman–Crippen MR) is 84.5 cm³/mol. The topological polar surface area (TPSA) is 70.1 Å². The van der Waals surface area contributed by atoms with Crippen LogP contribution in [0.25, 0.3) is 0 Å². The lowest BCUT2D eigenvalue weighted by molar-refractivity contribution is 0.103. The maximum atomic E-state index is 12.8. The number of rotatable bonds is 6. The van der Waals surface area contributed by atoms with Crippen LogP contribution in [0.1, 0.15) is 13.8 Å². The van der Waals surface area contributed by atoms with Crippen LogP contribution in [0.4, 0.5) is 0 Å². The molecule has 0 amide bonds. The summed E-state index contributed by atoms with van der Waals surface area (Å²) in [5.74, 6) is 0.399. The number of sulfonamides is 1. The molecule has 1 saturated heterocycles. The molecule has 0 aromatic heterocycles. The van der Waals surface area contributed by atoms with E-state index in [-0.39, 0.29) is 4.90 Å². The smallest absolute Gasteiger partial charge is 0.246 e. The van der Waals surface area contributed by atoms with E-state index in [1.807, 2.05) is 6.92 Å². The van der Waals surface area contributed by atoms with Gasteiger partial charge in [-0.05, 0) is 26.0 Å². The Morgan fingerprint density at radius 2 is 1.86 bits per heavy atom. The molecule has 1 aliphatic heterocycles. The van der Waals surface area contributed by atoms with Gasteiger partial charge in [-0.3, -0.25) is 4.90 Å². The number of benzene rings is 1. The van der Waals surface area contributed by atoms with Gasteiger partial charge >= 0.3 is 0 Å². The summed E-state index contributed by atoms with van der Waals surface area (Å²) in [7, 11) is -3.55. The Balaban J connectivity index is 2.12. The number of aliphatic hydroxyl groups excluding tert-OH is 1. The monoisotopic (exact) mass is 328 g/mol. The largest absolute Gasteiger partial charge is 0.492 e. The van der Waals surface area contributed by atoms with Gasteiger partial charge in [0.15, 0.2) is 0 Å². The average molecular weight is 328 g/mol. The molecule has 124 valence electrons. The first kappa shape index (κ1) is 17.2. The molecule has 7 heteroatoms. The van der Waals surface area contributed by atoms with Crippen molar-refractivity contribution in [3.8, 4) is 5.75 Å². The molecule has 1 aliphatic rings. The molecule has 0 aliphatic carbocycles. The first-order valence-electron chi connectivity index (χ1n) is 7.57. The second-order valence-corrected chi connectivity index (χ2v) is 7.34. The number of β-amino-alcohol motifs (C(OH)–C–C–N with tert-alkyl or cyclic N) is 1. The van der Waals surface area contributed by atoms with E-state index >= 15 is 0 Å². The van der Waals surface area contributed by atoms with Gasteiger partial charge in [0, 0.05) is 32.7 Å². The van der Waals surface area contributed by atoms with Crippen molar-refractivity contribution in [3.05, 3.63) is 24.3 Å². The fraction of sp³-hybridized carbons (Fsp3) is 0.600. The quantitative estimate of drug-likeness (QED) is 0.835. The number of hydrogen-bond donors (Lipinski definition) is 1. The summed E-state index contributed by atoms with van der Waals surface area (Å²) >= 11 is 0. The highest BCUT2D eigenvalue weighted by Crippen LogP contribution is 2.27. The number of ether oxygens (including phenoxy) is 1. The molecule has 1 atom stereocenters. The van der Waals surface area contributed by atoms with Gasteiger partial charge in [-0.2, -0.15) is 4.31 Å². The molecule has 0 bridgehead atoms. The summed E-state index contributed by atoms with van der Waals surface area (Å²) in [6.07, 6.45) is -0.401. The third-order valence-corrected chi connectivity index (χ3v) is 5.56. The van der Waals surface area contributed by atoms with Gasteiger partial charge in [-0.15, -0.1) is 0 Å². The van der Waals surface area contributed by atoms with Crippen LogP contribution in [-0.2, 0) is 10.0 Å². The highest BCUT2D eigenvalue weighted by Gasteiger charge is 2.30. The van der Waals surface area contributed by atoms with Crippen LogP contribution in [0.5, 0.6) is 5.75 Å². The molecule has 1 aromatic carbocycles. The summed E-state index contributed by atoms with van der Waals surface area (Å²) in [6.45, 7) is 6.67. The molecule has 6 nitrogen and oxygen atoms in total. The van der Waals surface area contributed by atoms with Crippen LogP contribution in [-0.4, -0.2) is 68.2 Å². The zero-order valence-electron chi connectivity index (χ0n) is 13.1. The van der Waals surface area contributed by atoms with Crippen LogP contribution in [0.15, 0.2) is 29.2 Å². The molecule has 1 aromatic rings. The summed E-state index contributed by atoms with van der Waals surface area (Å²) in [4.78, 5) is 2.30. The van der Waals surface area contributed by atoms with Crippen molar-refractivity contribution >= 4 is 10.0 Å². The standard InChI is InChI=1S/C15H24N2O4S/c1-3-21-14-6-4-5-7-15(14)22(19,20)17-10-8-16(9-11-17)12-13(2)18/h4-7,13,18H,3,8-12H2,1-2H3/t13-/m0/s1. The summed E-state index contributed by atoms with van der Waals surface area (Å²) in [6, 6.07) is 6.74. The molecular weight excluding hydrogens is 304 g/mol. The second-order valence-electron chi connectivity index (χ2n) is 5.43. The Morgan fingerprint density at radius 1 is 1.23 bits per heavy atom. The first-order chi connectivity index (χ1) is 10.4. The summed E-state index contributed by atoms with van der Waals surface area (Å²) in [5.41, 5.74) is 0. The molecule has 22 heavy (non-hydrogen) atoms. The van der Waals surface area contributed by atoms with Gasteiger partial charge < -0.3 is 9.84 Å². The molecule has 0 radical (unpaired) electrons. The number of aliphatic hydroxyl groups is 1. The second kappa shape index (κ2) is 7.41. The fourth-order valence-corrected chi connectivity index (χ4v) is 4.16. The third-order valence-electron chi connectivity index (χ3n) is 3.62. The van der Waals surface area contributed by atoms with E-state index in [0.717, 1.165) is 0 Å². The Hall–Kier alpha value is -1.15. The van der Waals surface area contributed by atoms with Crippen LogP contribution in [0.2, 0.25) is 0 Å². The summed E-state index contributed by atoms with van der Waals surface area (Å²) in [5, 5.41) is 9.41. The minimum atomic E-state index is -3.55. The van der Waals surface area contributed by atoms with Crippen LogP contribution >= 0.6 is 0 Å². The molecular formula is C15H24N2O4S. The Morgan fingerprint density at radius 3 is 2.45 bits per heavy atom. The normalized spacial score (nSPS) is 19.0. The maximum Gasteiger partial charge on any atom is 0.246 e. The van der Waals surface area contributed by atoms with Crippen molar-refractivity contribution in [2.45, 2.75) is 24.8 Å². The van der Waals surface area contributed by atoms with Crippen molar-refractivity contribution in [1.82, 2.24) is 9.21 Å². The lowest BCUT2D eigenvalue weighted by Gasteiger charge is -2.34. The zero-order valence-corrected chi connectivity index (χ0v) is 13.9. The highest BCUT2D eigenvalue weighted by molar-refractivity contribution is 7.89. The molecule has 0 saturated carbocycles. The van der Waals surface area contributed by atoms with E-state index in [9.17, 15) is 13.5 Å². The van der Waals surface area contributed by atoms with Crippen molar-refractivity contribution in [2.24, 2.45) is 0 Å². The predicted octanol–water partition coefficient (Wildman–Crippen LogP) is 0.772. The van der Waals surface area contributed by atoms with E-state index in [0.29, 0.717) is 45.1 Å². The van der Waals surface area contributed by atoms with Crippen LogP contribution in [0.3, 0.4) is 0 Å². The lowest BCUT2D eigenvalue weighted by Crippen LogP contribution is -2.50. The minimum absolute atomic E-state index is 0.223. The van der Waals surface area contributed by atoms with Gasteiger partial charge in [0.05, 0.1) is 12.7 Å². The highest BCUT2D eigenvalue weighted by atomic mass is 32.2. The van der Waals surface area contributed by atoms with Crippen molar-refractivity contribution in [1.29, 1.82) is 0 Å². The van der Waals surface area contributed by atoms with Crippen molar-refractivity contribution in [2.75, 3.05) is 39.3 Å². The van der Waals surface area contributed by atoms with Gasteiger partial charge in [-0.1, -0.05) is 12.1 Å². The van der Waals surface area contributed by atoms with Gasteiger partial charge in [0.25, 0.3) is 0 Å². The molecule has 1 heterocycles. The molecule has 2 rings (SSSR count). The van der Waals surface area contributed by atoms with Crippen molar-refractivity contribution in [3.63, 3.8) is 0 Å². The SMILES string of the molecule is CCOc1ccccc1S(=O)(=O)N1CCN(C[C@H](C)O)CC1. The van der Waals surface area contributed by atoms with Gasteiger partial charge in [0.2, 0.25) is 10.0 Å². The Bertz CT molecular complexity index is 581. The van der Waals surface area contributed by atoms with Crippen LogP contribution in [0, 0.1) is 0 Å². The average Bonchev–Trinajstić information content (AvgIpc) is 2.48. The Labute approximate surface area is 132 Å². The number of para-hydroxylation sites is 1. The van der Waals surface area contributed by atoms with Crippen LogP contribution < -0.4 is 4.74 Å². The summed E-state index contributed by atoms with van der Waals surface area (Å²) < 4.78 is 32.5. The molecule has 1 fully saturated rings. The molecule has 0 unspecified atom stereocenters. The number of nitrogens with zero attached hydrogens (tertiary/aromatic N) is 2. The van der Waals surface area contributed by atoms with E-state index in [1.165, 1.54) is 4.31 Å². The van der Waals surface area contributed by atoms with Gasteiger partial charge in [0.1, 0.15) is 10.6 Å². The van der Waals surface area contributed by atoms with E-state index in [2.05, 4.69) is 4.90 Å². The number of hydrogen-bond acceptors (Lipinski definition) is 5. The van der Waals surface area contributed by atoms with E-state index in [4.69, 9.17) is 4.74 Å². The van der Waals surface area contributed by atoms with E-state index < -0.39 is 16.1 Å².